The molecule has 3 aromatic rings. The molecule has 0 fully saturated rings. The van der Waals surface area contributed by atoms with E-state index in [0.29, 0.717) is 17.1 Å². The molecule has 0 aliphatic carbocycles. The first-order chi connectivity index (χ1) is 13.1. The molecule has 0 unspecified atom stereocenters. The predicted octanol–water partition coefficient (Wildman–Crippen LogP) is 2.99. The summed E-state index contributed by atoms with van der Waals surface area (Å²) in [5.41, 5.74) is 2.20. The van der Waals surface area contributed by atoms with Crippen molar-refractivity contribution >= 4 is 23.4 Å². The van der Waals surface area contributed by atoms with E-state index in [0.717, 1.165) is 11.3 Å². The average molecular weight is 381 g/mol. The van der Waals surface area contributed by atoms with Gasteiger partial charge >= 0.3 is 0 Å². The molecule has 6 nitrogen and oxygen atoms in total. The van der Waals surface area contributed by atoms with Gasteiger partial charge in [0.1, 0.15) is 5.69 Å². The van der Waals surface area contributed by atoms with Crippen molar-refractivity contribution in [2.45, 2.75) is 13.1 Å². The van der Waals surface area contributed by atoms with Gasteiger partial charge in [0.15, 0.2) is 0 Å². The summed E-state index contributed by atoms with van der Waals surface area (Å²) in [6.45, 7) is 0.647. The van der Waals surface area contributed by atoms with Crippen LogP contribution in [0, 0.1) is 0 Å². The second kappa shape index (κ2) is 8.91. The van der Waals surface area contributed by atoms with Crippen LogP contribution in [0.4, 0.5) is 0 Å². The number of carbonyl (C=O) groups is 2. The highest BCUT2D eigenvalue weighted by Crippen LogP contribution is 2.10. The van der Waals surface area contributed by atoms with E-state index >= 15 is 0 Å². The molecular formula is C20H17ClN4O2. The second-order valence-corrected chi connectivity index (χ2v) is 6.18. The van der Waals surface area contributed by atoms with Crippen LogP contribution in [0.5, 0.6) is 0 Å². The zero-order valence-electron chi connectivity index (χ0n) is 14.4. The molecule has 0 aliphatic rings. The number of aromatic nitrogens is 2. The van der Waals surface area contributed by atoms with Gasteiger partial charge in [-0.1, -0.05) is 29.8 Å². The summed E-state index contributed by atoms with van der Waals surface area (Å²) in [5, 5.41) is 6.18. The van der Waals surface area contributed by atoms with Crippen LogP contribution >= 0.6 is 11.6 Å². The number of nitrogens with one attached hydrogen (secondary N) is 2. The zero-order chi connectivity index (χ0) is 19.1. The van der Waals surface area contributed by atoms with Crippen molar-refractivity contribution < 1.29 is 9.59 Å². The Hall–Kier alpha value is -3.25. The minimum atomic E-state index is -0.368. The molecule has 136 valence electrons. The number of nitrogens with zero attached hydrogens (tertiary/aromatic N) is 2. The van der Waals surface area contributed by atoms with Crippen LogP contribution in [0.1, 0.15) is 32.1 Å². The molecule has 1 aromatic carbocycles. The summed E-state index contributed by atoms with van der Waals surface area (Å²) in [6.07, 6.45) is 3.10. The lowest BCUT2D eigenvalue weighted by molar-refractivity contribution is 0.0945. The fraction of sp³-hybridized carbons (Fsp3) is 0.100. The van der Waals surface area contributed by atoms with Crippen molar-refractivity contribution in [1.82, 2.24) is 20.6 Å². The van der Waals surface area contributed by atoms with E-state index in [1.54, 1.807) is 30.5 Å². The zero-order valence-corrected chi connectivity index (χ0v) is 15.1. The summed E-state index contributed by atoms with van der Waals surface area (Å²) in [5.74, 6) is -0.654. The van der Waals surface area contributed by atoms with Crippen molar-refractivity contribution in [2.24, 2.45) is 0 Å². The summed E-state index contributed by atoms with van der Waals surface area (Å²) in [6, 6.07) is 15.7. The molecule has 0 atom stereocenters. The highest BCUT2D eigenvalue weighted by Gasteiger charge is 2.12. The van der Waals surface area contributed by atoms with E-state index in [4.69, 9.17) is 11.6 Å². The van der Waals surface area contributed by atoms with Gasteiger partial charge in [0.2, 0.25) is 0 Å². The van der Waals surface area contributed by atoms with Crippen LogP contribution in [0.2, 0.25) is 5.02 Å². The van der Waals surface area contributed by atoms with E-state index in [9.17, 15) is 9.59 Å². The van der Waals surface area contributed by atoms with E-state index < -0.39 is 0 Å². The third kappa shape index (κ3) is 5.36. The Labute approximate surface area is 161 Å². The van der Waals surface area contributed by atoms with Crippen LogP contribution in [0.25, 0.3) is 0 Å². The van der Waals surface area contributed by atoms with Gasteiger partial charge in [-0.3, -0.25) is 19.6 Å². The smallest absolute Gasteiger partial charge is 0.270 e. The predicted molar refractivity (Wildman–Crippen MR) is 102 cm³/mol. The van der Waals surface area contributed by atoms with Crippen molar-refractivity contribution in [1.29, 1.82) is 0 Å². The number of hydrogen-bond donors (Lipinski definition) is 2. The summed E-state index contributed by atoms with van der Waals surface area (Å²) < 4.78 is 0. The topological polar surface area (TPSA) is 84.0 Å². The van der Waals surface area contributed by atoms with Crippen molar-refractivity contribution in [3.05, 3.63) is 94.5 Å². The fourth-order valence-corrected chi connectivity index (χ4v) is 2.47. The van der Waals surface area contributed by atoms with E-state index in [2.05, 4.69) is 20.6 Å². The average Bonchev–Trinajstić information content (AvgIpc) is 2.72. The number of pyridine rings is 2. The first-order valence-electron chi connectivity index (χ1n) is 8.28. The van der Waals surface area contributed by atoms with E-state index in [1.165, 1.54) is 12.3 Å². The molecule has 2 N–H and O–H groups in total. The lowest BCUT2D eigenvalue weighted by Crippen LogP contribution is -2.26. The van der Waals surface area contributed by atoms with E-state index in [-0.39, 0.29) is 24.1 Å². The maximum absolute atomic E-state index is 12.3. The van der Waals surface area contributed by atoms with Gasteiger partial charge in [0.05, 0.1) is 12.2 Å². The Balaban J connectivity index is 1.59. The Bertz CT molecular complexity index is 930. The molecule has 0 saturated heterocycles. The second-order valence-electron chi connectivity index (χ2n) is 5.74. The summed E-state index contributed by atoms with van der Waals surface area (Å²) in [4.78, 5) is 32.8. The monoisotopic (exact) mass is 380 g/mol. The lowest BCUT2D eigenvalue weighted by Gasteiger charge is -2.08. The Morgan fingerprint density at radius 1 is 0.852 bits per heavy atom. The van der Waals surface area contributed by atoms with Crippen molar-refractivity contribution in [3.63, 3.8) is 0 Å². The van der Waals surface area contributed by atoms with Crippen LogP contribution in [0.3, 0.4) is 0 Å². The maximum Gasteiger partial charge on any atom is 0.270 e. The van der Waals surface area contributed by atoms with Crippen LogP contribution in [0.15, 0.2) is 67.0 Å². The normalized spacial score (nSPS) is 10.3. The Kier molecular flexibility index (Phi) is 6.12. The maximum atomic E-state index is 12.3. The van der Waals surface area contributed by atoms with Crippen molar-refractivity contribution in [2.75, 3.05) is 0 Å². The fourth-order valence-electron chi connectivity index (χ4n) is 2.35. The highest BCUT2D eigenvalue weighted by atomic mass is 35.5. The molecule has 2 amide bonds. The molecule has 27 heavy (non-hydrogen) atoms. The highest BCUT2D eigenvalue weighted by molar-refractivity contribution is 6.30. The van der Waals surface area contributed by atoms with Crippen molar-refractivity contribution in [3.8, 4) is 0 Å². The first-order valence-corrected chi connectivity index (χ1v) is 8.66. The third-order valence-corrected chi connectivity index (χ3v) is 4.03. The molecule has 2 aromatic heterocycles. The first kappa shape index (κ1) is 18.5. The Morgan fingerprint density at radius 2 is 1.63 bits per heavy atom. The van der Waals surface area contributed by atoms with Crippen LogP contribution < -0.4 is 10.6 Å². The molecule has 3 rings (SSSR count). The molecule has 0 radical (unpaired) electrons. The molecule has 0 bridgehead atoms. The standard InChI is InChI=1S/C20H17ClN4O2/c21-16-6-4-14(5-7-16)12-24-19(26)15-8-10-23-18(11-15)20(27)25-13-17-3-1-2-9-22-17/h1-11H,12-13H2,(H,24,26)(H,25,27). The minimum absolute atomic E-state index is 0.171. The summed E-state index contributed by atoms with van der Waals surface area (Å²) >= 11 is 5.85. The molecule has 0 spiro atoms. The molecule has 2 heterocycles. The molecule has 0 aliphatic heterocycles. The number of rotatable bonds is 6. The summed E-state index contributed by atoms with van der Waals surface area (Å²) in [7, 11) is 0. The van der Waals surface area contributed by atoms with Crippen LogP contribution in [-0.4, -0.2) is 21.8 Å². The van der Waals surface area contributed by atoms with Gasteiger partial charge in [-0.05, 0) is 42.0 Å². The number of benzene rings is 1. The Morgan fingerprint density at radius 3 is 2.37 bits per heavy atom. The lowest BCUT2D eigenvalue weighted by atomic mass is 10.2. The van der Waals surface area contributed by atoms with Gasteiger partial charge < -0.3 is 10.6 Å². The number of hydrogen-bond acceptors (Lipinski definition) is 4. The van der Waals surface area contributed by atoms with Gasteiger partial charge in [-0.2, -0.15) is 0 Å². The van der Waals surface area contributed by atoms with Crippen LogP contribution in [-0.2, 0) is 13.1 Å². The number of carbonyl (C=O) groups excluding carboxylic acids is 2. The molecule has 0 saturated carbocycles. The van der Waals surface area contributed by atoms with Gasteiger partial charge in [0.25, 0.3) is 11.8 Å². The molecule has 7 heteroatoms. The largest absolute Gasteiger partial charge is 0.348 e. The van der Waals surface area contributed by atoms with Gasteiger partial charge in [-0.15, -0.1) is 0 Å². The quantitative estimate of drug-likeness (QED) is 0.688. The van der Waals surface area contributed by atoms with E-state index in [1.807, 2.05) is 24.3 Å². The number of amides is 2. The molecular weight excluding hydrogens is 364 g/mol. The SMILES string of the molecule is O=C(NCc1ccc(Cl)cc1)c1ccnc(C(=O)NCc2ccccn2)c1. The number of halogens is 1. The van der Waals surface area contributed by atoms with Gasteiger partial charge in [-0.25, -0.2) is 0 Å². The minimum Gasteiger partial charge on any atom is -0.348 e. The third-order valence-electron chi connectivity index (χ3n) is 3.78. The van der Waals surface area contributed by atoms with Gasteiger partial charge in [0, 0.05) is 29.5 Å².